The maximum atomic E-state index is 12.2. The smallest absolute Gasteiger partial charge is 0.320 e. The van der Waals surface area contributed by atoms with Crippen LogP contribution >= 0.6 is 0 Å². The number of urea groups is 1. The average molecular weight is 225 g/mol. The summed E-state index contributed by atoms with van der Waals surface area (Å²) in [7, 11) is 0. The molecule has 5 heteroatoms. The third-order valence-corrected chi connectivity index (χ3v) is 3.91. The molecule has 0 aromatic carbocycles. The van der Waals surface area contributed by atoms with Crippen molar-refractivity contribution in [3.63, 3.8) is 0 Å². The summed E-state index contributed by atoms with van der Waals surface area (Å²) in [4.78, 5) is 16.1. The molecule has 3 rings (SSSR count). The Kier molecular flexibility index (Phi) is 2.73. The van der Waals surface area contributed by atoms with E-state index < -0.39 is 0 Å². The molecule has 0 spiro atoms. The normalized spacial score (nSPS) is 34.2. The summed E-state index contributed by atoms with van der Waals surface area (Å²) in [6.07, 6.45) is 1.22. The number of nitrogens with zero attached hydrogens (tertiary/aromatic N) is 2. The molecule has 3 heterocycles. The number of morpholine rings is 1. The largest absolute Gasteiger partial charge is 0.378 e. The van der Waals surface area contributed by atoms with Crippen molar-refractivity contribution < 1.29 is 9.53 Å². The van der Waals surface area contributed by atoms with Crippen LogP contribution in [0.4, 0.5) is 4.79 Å². The molecule has 3 aliphatic heterocycles. The summed E-state index contributed by atoms with van der Waals surface area (Å²) < 4.78 is 5.26. The molecule has 0 aromatic rings. The first-order valence-corrected chi connectivity index (χ1v) is 6.19. The van der Waals surface area contributed by atoms with Gasteiger partial charge in [-0.25, -0.2) is 4.79 Å². The summed E-state index contributed by atoms with van der Waals surface area (Å²) in [5.41, 5.74) is 0. The number of likely N-dealkylation sites (tertiary alicyclic amines) is 1. The SMILES string of the molecule is O=C(N1CCOCC1)N1C[C@@H]2CCN[C@@H]2C1. The Hall–Kier alpha value is -0.810. The second-order valence-corrected chi connectivity index (χ2v) is 4.90. The van der Waals surface area contributed by atoms with E-state index in [0.717, 1.165) is 32.7 Å². The molecule has 3 saturated heterocycles. The number of nitrogens with one attached hydrogen (secondary N) is 1. The Morgan fingerprint density at radius 3 is 2.75 bits per heavy atom. The van der Waals surface area contributed by atoms with Gasteiger partial charge < -0.3 is 19.9 Å². The number of amides is 2. The van der Waals surface area contributed by atoms with E-state index in [9.17, 15) is 4.79 Å². The molecule has 2 amide bonds. The van der Waals surface area contributed by atoms with E-state index in [1.165, 1.54) is 6.42 Å². The van der Waals surface area contributed by atoms with Crippen molar-refractivity contribution in [1.29, 1.82) is 0 Å². The van der Waals surface area contributed by atoms with E-state index in [0.29, 0.717) is 25.2 Å². The monoisotopic (exact) mass is 225 g/mol. The molecule has 0 aromatic heterocycles. The summed E-state index contributed by atoms with van der Waals surface area (Å²) in [5.74, 6) is 0.685. The van der Waals surface area contributed by atoms with Crippen LogP contribution in [0, 0.1) is 5.92 Å². The molecule has 0 saturated carbocycles. The average Bonchev–Trinajstić information content (AvgIpc) is 2.89. The lowest BCUT2D eigenvalue weighted by atomic mass is 10.1. The van der Waals surface area contributed by atoms with Crippen LogP contribution in [-0.2, 0) is 4.74 Å². The van der Waals surface area contributed by atoms with Crippen LogP contribution in [0.3, 0.4) is 0 Å². The number of rotatable bonds is 0. The molecule has 2 atom stereocenters. The van der Waals surface area contributed by atoms with E-state index in [4.69, 9.17) is 4.74 Å². The van der Waals surface area contributed by atoms with Gasteiger partial charge in [-0.15, -0.1) is 0 Å². The number of carbonyl (C=O) groups excluding carboxylic acids is 1. The first-order chi connectivity index (χ1) is 7.84. The van der Waals surface area contributed by atoms with Crippen molar-refractivity contribution in [3.05, 3.63) is 0 Å². The Bertz CT molecular complexity index is 266. The van der Waals surface area contributed by atoms with E-state index >= 15 is 0 Å². The maximum Gasteiger partial charge on any atom is 0.320 e. The molecular weight excluding hydrogens is 206 g/mol. The fourth-order valence-electron chi connectivity index (χ4n) is 2.96. The molecule has 0 radical (unpaired) electrons. The first kappa shape index (κ1) is 10.4. The maximum absolute atomic E-state index is 12.2. The highest BCUT2D eigenvalue weighted by atomic mass is 16.5. The van der Waals surface area contributed by atoms with Crippen molar-refractivity contribution in [1.82, 2.24) is 15.1 Å². The Labute approximate surface area is 95.7 Å². The second-order valence-electron chi connectivity index (χ2n) is 4.90. The fourth-order valence-corrected chi connectivity index (χ4v) is 2.96. The zero-order valence-electron chi connectivity index (χ0n) is 9.52. The van der Waals surface area contributed by atoms with Crippen LogP contribution in [0.2, 0.25) is 0 Å². The number of fused-ring (bicyclic) bond motifs is 1. The predicted molar refractivity (Wildman–Crippen MR) is 59.3 cm³/mol. The van der Waals surface area contributed by atoms with Gasteiger partial charge in [0.25, 0.3) is 0 Å². The molecule has 5 nitrogen and oxygen atoms in total. The van der Waals surface area contributed by atoms with Crippen molar-refractivity contribution in [3.8, 4) is 0 Å². The van der Waals surface area contributed by atoms with Gasteiger partial charge in [0, 0.05) is 32.2 Å². The molecule has 16 heavy (non-hydrogen) atoms. The van der Waals surface area contributed by atoms with E-state index in [-0.39, 0.29) is 6.03 Å². The van der Waals surface area contributed by atoms with Gasteiger partial charge in [-0.3, -0.25) is 0 Å². The lowest BCUT2D eigenvalue weighted by Crippen LogP contribution is -2.48. The molecular formula is C11H19N3O2. The van der Waals surface area contributed by atoms with Crippen LogP contribution < -0.4 is 5.32 Å². The molecule has 90 valence electrons. The summed E-state index contributed by atoms with van der Waals surface area (Å²) in [6, 6.07) is 0.754. The fraction of sp³-hybridized carbons (Fsp3) is 0.909. The predicted octanol–water partition coefficient (Wildman–Crippen LogP) is -0.268. The zero-order valence-corrected chi connectivity index (χ0v) is 9.52. The molecule has 0 bridgehead atoms. The second kappa shape index (κ2) is 4.22. The third kappa shape index (κ3) is 1.78. The summed E-state index contributed by atoms with van der Waals surface area (Å²) >= 11 is 0. The Balaban J connectivity index is 1.59. The Morgan fingerprint density at radius 2 is 2.00 bits per heavy atom. The summed E-state index contributed by atoms with van der Waals surface area (Å²) in [5, 5.41) is 3.47. The van der Waals surface area contributed by atoms with Gasteiger partial charge in [-0.2, -0.15) is 0 Å². The summed E-state index contributed by atoms with van der Waals surface area (Å²) in [6.45, 7) is 5.81. The number of carbonyl (C=O) groups is 1. The minimum atomic E-state index is 0.208. The minimum absolute atomic E-state index is 0.208. The quantitative estimate of drug-likeness (QED) is 0.617. The van der Waals surface area contributed by atoms with Gasteiger partial charge >= 0.3 is 6.03 Å². The lowest BCUT2D eigenvalue weighted by Gasteiger charge is -2.31. The number of hydrogen-bond donors (Lipinski definition) is 1. The molecule has 0 aliphatic carbocycles. The topological polar surface area (TPSA) is 44.8 Å². The number of hydrogen-bond acceptors (Lipinski definition) is 3. The first-order valence-electron chi connectivity index (χ1n) is 6.19. The van der Waals surface area contributed by atoms with E-state index in [1.54, 1.807) is 0 Å². The molecule has 1 N–H and O–H groups in total. The van der Waals surface area contributed by atoms with Gasteiger partial charge in [-0.05, 0) is 18.9 Å². The van der Waals surface area contributed by atoms with Crippen molar-refractivity contribution in [2.75, 3.05) is 45.9 Å². The van der Waals surface area contributed by atoms with Gasteiger partial charge in [0.1, 0.15) is 0 Å². The molecule has 3 aliphatic rings. The third-order valence-electron chi connectivity index (χ3n) is 3.91. The van der Waals surface area contributed by atoms with Crippen LogP contribution in [0.15, 0.2) is 0 Å². The Morgan fingerprint density at radius 1 is 1.19 bits per heavy atom. The number of ether oxygens (including phenoxy) is 1. The van der Waals surface area contributed by atoms with Crippen LogP contribution in [0.25, 0.3) is 0 Å². The van der Waals surface area contributed by atoms with Crippen molar-refractivity contribution in [2.45, 2.75) is 12.5 Å². The highest BCUT2D eigenvalue weighted by Crippen LogP contribution is 2.25. The molecule has 0 unspecified atom stereocenters. The zero-order chi connectivity index (χ0) is 11.0. The highest BCUT2D eigenvalue weighted by molar-refractivity contribution is 5.75. The lowest BCUT2D eigenvalue weighted by molar-refractivity contribution is 0.0447. The van der Waals surface area contributed by atoms with Crippen LogP contribution in [-0.4, -0.2) is 67.8 Å². The van der Waals surface area contributed by atoms with E-state index in [2.05, 4.69) is 5.32 Å². The minimum Gasteiger partial charge on any atom is -0.378 e. The van der Waals surface area contributed by atoms with Gasteiger partial charge in [-0.1, -0.05) is 0 Å². The highest BCUT2D eigenvalue weighted by Gasteiger charge is 2.39. The van der Waals surface area contributed by atoms with Gasteiger partial charge in [0.05, 0.1) is 13.2 Å². The van der Waals surface area contributed by atoms with Crippen molar-refractivity contribution >= 4 is 6.03 Å². The molecule has 3 fully saturated rings. The van der Waals surface area contributed by atoms with Crippen LogP contribution in [0.1, 0.15) is 6.42 Å². The standard InChI is InChI=1S/C11H19N3O2/c15-11(13-3-5-16-6-4-13)14-7-9-1-2-12-10(9)8-14/h9-10,12H,1-8H2/t9-,10+/m0/s1. The van der Waals surface area contributed by atoms with Crippen LogP contribution in [0.5, 0.6) is 0 Å². The van der Waals surface area contributed by atoms with Gasteiger partial charge in [0.2, 0.25) is 0 Å². The van der Waals surface area contributed by atoms with E-state index in [1.807, 2.05) is 9.80 Å². The van der Waals surface area contributed by atoms with Crippen molar-refractivity contribution in [2.24, 2.45) is 5.92 Å². The van der Waals surface area contributed by atoms with Gasteiger partial charge in [0.15, 0.2) is 0 Å².